The molecule has 0 unspecified atom stereocenters. The van der Waals surface area contributed by atoms with Crippen molar-refractivity contribution in [3.63, 3.8) is 0 Å². The SMILES string of the molecule is N#Cc1ccc(-n2cccc2)c(N)c1.N#Cc1ccc(-n2cccc2)c([N+](=O)[O-])c1. The number of hydrogen-bond acceptors (Lipinski definition) is 5. The van der Waals surface area contributed by atoms with Crippen molar-refractivity contribution in [1.29, 1.82) is 10.5 Å². The third-order valence-corrected chi connectivity index (χ3v) is 4.22. The summed E-state index contributed by atoms with van der Waals surface area (Å²) in [6.45, 7) is 0. The highest BCUT2D eigenvalue weighted by Crippen LogP contribution is 2.24. The first kappa shape index (κ1) is 19.9. The van der Waals surface area contributed by atoms with E-state index >= 15 is 0 Å². The topological polar surface area (TPSA) is 127 Å². The monoisotopic (exact) mass is 396 g/mol. The molecule has 2 heterocycles. The second-order valence-corrected chi connectivity index (χ2v) is 6.14. The zero-order chi connectivity index (χ0) is 21.5. The fourth-order valence-corrected chi connectivity index (χ4v) is 2.81. The first-order valence-electron chi connectivity index (χ1n) is 8.78. The van der Waals surface area contributed by atoms with Crippen molar-refractivity contribution in [2.75, 3.05) is 5.73 Å². The molecule has 0 fully saturated rings. The lowest BCUT2D eigenvalue weighted by atomic mass is 10.2. The van der Waals surface area contributed by atoms with Gasteiger partial charge in [-0.1, -0.05) is 0 Å². The maximum absolute atomic E-state index is 10.9. The summed E-state index contributed by atoms with van der Waals surface area (Å²) >= 11 is 0. The largest absolute Gasteiger partial charge is 0.397 e. The summed E-state index contributed by atoms with van der Waals surface area (Å²) in [5, 5.41) is 28.2. The quantitative estimate of drug-likeness (QED) is 0.316. The van der Waals surface area contributed by atoms with Crippen LogP contribution < -0.4 is 5.73 Å². The molecule has 0 spiro atoms. The lowest BCUT2D eigenvalue weighted by Crippen LogP contribution is -1.98. The number of rotatable bonds is 3. The molecule has 2 aromatic heterocycles. The summed E-state index contributed by atoms with van der Waals surface area (Å²) in [7, 11) is 0. The molecule has 0 saturated carbocycles. The standard InChI is InChI=1S/C11H7N3O2.C11H9N3/c12-8-9-3-4-10(11(7-9)14(15)16)13-5-1-2-6-13;12-8-9-3-4-11(10(13)7-9)14-5-1-2-6-14/h1-7H;1-7H,13H2. The fourth-order valence-electron chi connectivity index (χ4n) is 2.81. The maximum atomic E-state index is 10.9. The minimum absolute atomic E-state index is 0.0738. The van der Waals surface area contributed by atoms with E-state index in [0.717, 1.165) is 5.69 Å². The van der Waals surface area contributed by atoms with E-state index in [9.17, 15) is 10.1 Å². The number of nitrogens with zero attached hydrogens (tertiary/aromatic N) is 5. The first-order valence-corrected chi connectivity index (χ1v) is 8.78. The number of nitro benzene ring substituents is 1. The van der Waals surface area contributed by atoms with Gasteiger partial charge < -0.3 is 14.9 Å². The molecule has 4 aromatic rings. The number of aromatic nitrogens is 2. The Kier molecular flexibility index (Phi) is 5.92. The molecule has 0 saturated heterocycles. The molecule has 0 atom stereocenters. The third-order valence-electron chi connectivity index (χ3n) is 4.22. The third kappa shape index (κ3) is 4.35. The molecule has 4 rings (SSSR count). The summed E-state index contributed by atoms with van der Waals surface area (Å²) in [6.07, 6.45) is 7.26. The molecule has 0 bridgehead atoms. The molecular weight excluding hydrogens is 380 g/mol. The van der Waals surface area contributed by atoms with Crippen molar-refractivity contribution < 1.29 is 4.92 Å². The second-order valence-electron chi connectivity index (χ2n) is 6.14. The van der Waals surface area contributed by atoms with Crippen LogP contribution in [0.15, 0.2) is 85.5 Å². The number of nitrogen functional groups attached to an aromatic ring is 1. The van der Waals surface area contributed by atoms with Crippen LogP contribution in [-0.2, 0) is 0 Å². The van der Waals surface area contributed by atoms with Gasteiger partial charge in [-0.25, -0.2) is 0 Å². The molecule has 2 aromatic carbocycles. The van der Waals surface area contributed by atoms with Gasteiger partial charge in [0.05, 0.1) is 39.6 Å². The van der Waals surface area contributed by atoms with Crippen LogP contribution in [0.4, 0.5) is 11.4 Å². The molecule has 146 valence electrons. The summed E-state index contributed by atoms with van der Waals surface area (Å²) in [6, 6.07) is 21.0. The average Bonchev–Trinajstić information content (AvgIpc) is 3.48. The Morgan fingerprint density at radius 1 is 0.800 bits per heavy atom. The van der Waals surface area contributed by atoms with Gasteiger partial charge in [0.2, 0.25) is 0 Å². The van der Waals surface area contributed by atoms with Crippen molar-refractivity contribution in [1.82, 2.24) is 9.13 Å². The summed E-state index contributed by atoms with van der Waals surface area (Å²) < 4.78 is 3.55. The summed E-state index contributed by atoms with van der Waals surface area (Å²) in [5.74, 6) is 0. The van der Waals surface area contributed by atoms with Crippen molar-refractivity contribution >= 4 is 11.4 Å². The highest BCUT2D eigenvalue weighted by Gasteiger charge is 2.15. The Morgan fingerprint density at radius 3 is 1.73 bits per heavy atom. The van der Waals surface area contributed by atoms with Gasteiger partial charge in [0.15, 0.2) is 0 Å². The van der Waals surface area contributed by atoms with E-state index in [4.69, 9.17) is 16.3 Å². The number of benzene rings is 2. The van der Waals surface area contributed by atoms with Crippen molar-refractivity contribution in [2.24, 2.45) is 0 Å². The minimum atomic E-state index is -0.490. The first-order chi connectivity index (χ1) is 14.5. The maximum Gasteiger partial charge on any atom is 0.294 e. The Bertz CT molecular complexity index is 1250. The predicted molar refractivity (Wildman–Crippen MR) is 112 cm³/mol. The molecule has 0 aliphatic carbocycles. The van der Waals surface area contributed by atoms with E-state index < -0.39 is 4.92 Å². The van der Waals surface area contributed by atoms with E-state index in [0.29, 0.717) is 16.9 Å². The fraction of sp³-hybridized carbons (Fsp3) is 0. The Labute approximate surface area is 172 Å². The van der Waals surface area contributed by atoms with Crippen LogP contribution in [0, 0.1) is 32.8 Å². The average molecular weight is 396 g/mol. The van der Waals surface area contributed by atoms with E-state index in [1.165, 1.54) is 6.07 Å². The van der Waals surface area contributed by atoms with Gasteiger partial charge >= 0.3 is 0 Å². The Balaban J connectivity index is 0.000000172. The minimum Gasteiger partial charge on any atom is -0.397 e. The van der Waals surface area contributed by atoms with Crippen LogP contribution in [0.25, 0.3) is 11.4 Å². The van der Waals surface area contributed by atoms with Gasteiger partial charge in [-0.3, -0.25) is 10.1 Å². The van der Waals surface area contributed by atoms with Crippen LogP contribution in [0.5, 0.6) is 0 Å². The molecular formula is C22H16N6O2. The Hall–Kier alpha value is -4.82. The number of hydrogen-bond donors (Lipinski definition) is 1. The molecule has 8 nitrogen and oxygen atoms in total. The normalized spacial score (nSPS) is 9.67. The van der Waals surface area contributed by atoms with Gasteiger partial charge in [-0.05, 0) is 54.6 Å². The van der Waals surface area contributed by atoms with Gasteiger partial charge in [-0.15, -0.1) is 0 Å². The van der Waals surface area contributed by atoms with Gasteiger partial charge in [0, 0.05) is 30.9 Å². The van der Waals surface area contributed by atoms with Crippen molar-refractivity contribution in [3.8, 4) is 23.5 Å². The number of nitro groups is 1. The number of nitriles is 2. The zero-order valence-corrected chi connectivity index (χ0v) is 15.7. The Morgan fingerprint density at radius 2 is 1.27 bits per heavy atom. The number of anilines is 1. The molecule has 0 aliphatic heterocycles. The highest BCUT2D eigenvalue weighted by atomic mass is 16.6. The van der Waals surface area contributed by atoms with Gasteiger partial charge in [0.25, 0.3) is 5.69 Å². The molecule has 2 N–H and O–H groups in total. The lowest BCUT2D eigenvalue weighted by Gasteiger charge is -2.06. The van der Waals surface area contributed by atoms with Gasteiger partial charge in [0.1, 0.15) is 5.69 Å². The molecule has 8 heteroatoms. The van der Waals surface area contributed by atoms with Crippen LogP contribution in [0.2, 0.25) is 0 Å². The van der Waals surface area contributed by atoms with Crippen molar-refractivity contribution in [2.45, 2.75) is 0 Å². The van der Waals surface area contributed by atoms with E-state index in [1.54, 1.807) is 53.4 Å². The highest BCUT2D eigenvalue weighted by molar-refractivity contribution is 5.61. The van der Waals surface area contributed by atoms with E-state index in [1.807, 2.05) is 41.2 Å². The molecule has 30 heavy (non-hydrogen) atoms. The van der Waals surface area contributed by atoms with Crippen LogP contribution >= 0.6 is 0 Å². The summed E-state index contributed by atoms with van der Waals surface area (Å²) in [4.78, 5) is 10.4. The van der Waals surface area contributed by atoms with Gasteiger partial charge in [-0.2, -0.15) is 10.5 Å². The van der Waals surface area contributed by atoms with E-state index in [-0.39, 0.29) is 11.3 Å². The zero-order valence-electron chi connectivity index (χ0n) is 15.7. The summed E-state index contributed by atoms with van der Waals surface area (Å²) in [5.41, 5.74) is 8.57. The van der Waals surface area contributed by atoms with Crippen LogP contribution in [0.3, 0.4) is 0 Å². The number of nitrogens with two attached hydrogens (primary N) is 1. The molecule has 0 amide bonds. The molecule has 0 aliphatic rings. The van der Waals surface area contributed by atoms with Crippen LogP contribution in [-0.4, -0.2) is 14.1 Å². The van der Waals surface area contributed by atoms with Crippen LogP contribution in [0.1, 0.15) is 11.1 Å². The van der Waals surface area contributed by atoms with Crippen molar-refractivity contribution in [3.05, 3.63) is 107 Å². The van der Waals surface area contributed by atoms with E-state index in [2.05, 4.69) is 6.07 Å². The smallest absolute Gasteiger partial charge is 0.294 e. The molecule has 0 radical (unpaired) electrons. The second kappa shape index (κ2) is 8.91. The predicted octanol–water partition coefficient (Wildman–Crippen LogP) is 4.19. The lowest BCUT2D eigenvalue weighted by molar-refractivity contribution is -0.384.